The van der Waals surface area contributed by atoms with Gasteiger partial charge >= 0.3 is 11.9 Å². The van der Waals surface area contributed by atoms with Gasteiger partial charge in [-0.3, -0.25) is 18.7 Å². The van der Waals surface area contributed by atoms with Gasteiger partial charge in [-0.05, 0) is 31.9 Å². The van der Waals surface area contributed by atoms with Crippen LogP contribution in [0.15, 0.2) is 70.3 Å². The third-order valence-electron chi connectivity index (χ3n) is 9.29. The molecule has 4 rings (SSSR count). The molecule has 0 spiro atoms. The molecule has 0 aliphatic carbocycles. The molecule has 0 unspecified atom stereocenters. The molecule has 0 fully saturated rings. The Bertz CT molecular complexity index is 2120. The number of carboxylic acid groups (broad SMARTS) is 1. The molecule has 14 nitrogen and oxygen atoms in total. The average Bonchev–Trinajstić information content (AvgIpc) is 3.23. The van der Waals surface area contributed by atoms with Gasteiger partial charge in [0.25, 0.3) is 11.1 Å². The Balaban J connectivity index is 0.000000485. The maximum absolute atomic E-state index is 12.6. The van der Waals surface area contributed by atoms with Crippen molar-refractivity contribution in [1.29, 1.82) is 0 Å². The second-order valence-electron chi connectivity index (χ2n) is 13.4. The first kappa shape index (κ1) is 55.2. The summed E-state index contributed by atoms with van der Waals surface area (Å²) >= 11 is 0. The zero-order valence-electron chi connectivity index (χ0n) is 35.8. The number of benzene rings is 2. The van der Waals surface area contributed by atoms with Crippen LogP contribution in [0, 0.1) is 0 Å². The summed E-state index contributed by atoms with van der Waals surface area (Å²) in [6, 6.07) is 19.5. The highest BCUT2D eigenvalue weighted by atomic mass is 16.5. The van der Waals surface area contributed by atoms with Crippen LogP contribution >= 0.6 is 0 Å². The number of carbonyl (C=O) groups is 2. The average molecular weight is 819 g/mol. The van der Waals surface area contributed by atoms with Crippen LogP contribution in [-0.4, -0.2) is 163 Å². The fourth-order valence-electron chi connectivity index (χ4n) is 6.10. The number of anilines is 2. The molecule has 0 aliphatic heterocycles. The summed E-state index contributed by atoms with van der Waals surface area (Å²) < 4.78 is 17.7. The lowest BCUT2D eigenvalue weighted by molar-refractivity contribution is 0.0514. The van der Waals surface area contributed by atoms with Crippen molar-refractivity contribution in [1.82, 2.24) is 19.1 Å². The molecular formula is C35H46B13N6O8. The molecule has 0 saturated heterocycles. The van der Waals surface area contributed by atoms with Crippen LogP contribution in [0.2, 0.25) is 0 Å². The van der Waals surface area contributed by atoms with E-state index in [-0.39, 0.29) is 43.3 Å². The lowest BCUT2D eigenvalue weighted by atomic mass is 8.50. The minimum atomic E-state index is -1.29. The second-order valence-corrected chi connectivity index (χ2v) is 13.4. The Labute approximate surface area is 378 Å². The molecule has 0 bridgehead atoms. The number of esters is 1. The summed E-state index contributed by atoms with van der Waals surface area (Å²) in [5.74, 6) is -1.66. The molecule has 1 N–H and O–H groups in total. The minimum absolute atomic E-state index is 0. The fourth-order valence-corrected chi connectivity index (χ4v) is 6.10. The summed E-state index contributed by atoms with van der Waals surface area (Å²) in [6.45, 7) is 8.03. The number of aromatic nitrogens is 4. The normalized spacial score (nSPS) is 9.85. The monoisotopic (exact) mass is 821 g/mol. The highest BCUT2D eigenvalue weighted by Gasteiger charge is 2.32. The molecule has 0 saturated carbocycles. The van der Waals surface area contributed by atoms with Gasteiger partial charge in [-0.1, -0.05) is 68.1 Å². The quantitative estimate of drug-likeness (QED) is 0.0986. The first-order valence-corrected chi connectivity index (χ1v) is 19.3. The summed E-state index contributed by atoms with van der Waals surface area (Å²) in [7, 11) is 45.3. The Morgan fingerprint density at radius 3 is 1.39 bits per heavy atom. The zero-order valence-corrected chi connectivity index (χ0v) is 35.8. The largest absolute Gasteiger partial charge is 0.489 e. The molecule has 0 aliphatic rings. The van der Waals surface area contributed by atoms with Gasteiger partial charge in [-0.15, -0.1) is 0 Å². The molecule has 4 aromatic rings. The number of carbonyl (C=O) groups excluding carboxylic acids is 1. The second kappa shape index (κ2) is 27.3. The van der Waals surface area contributed by atoms with Gasteiger partial charge in [0, 0.05) is 133 Å². The van der Waals surface area contributed by atoms with Crippen molar-refractivity contribution in [2.45, 2.75) is 41.3 Å². The summed E-state index contributed by atoms with van der Waals surface area (Å²) in [5.41, 5.74) is 0.679. The van der Waals surface area contributed by atoms with E-state index in [0.717, 1.165) is 11.1 Å². The first-order valence-electron chi connectivity index (χ1n) is 19.3. The molecule has 0 amide bonds. The summed E-state index contributed by atoms with van der Waals surface area (Å²) in [4.78, 5) is 60.7. The first-order chi connectivity index (χ1) is 28.9. The summed E-state index contributed by atoms with van der Waals surface area (Å²) in [6.07, 6.45) is -2.87. The molecular weight excluding hydrogens is 773 g/mol. The van der Waals surface area contributed by atoms with Crippen molar-refractivity contribution >= 4 is 117 Å². The highest BCUT2D eigenvalue weighted by molar-refractivity contribution is 8.07. The molecule has 15 radical (unpaired) electrons. The van der Waals surface area contributed by atoms with Crippen molar-refractivity contribution in [2.75, 3.05) is 43.7 Å². The number of carboxylic acids is 1. The number of rotatable bonds is 18. The smallest absolute Gasteiger partial charge is 0.361 e. The molecule has 303 valence electrons. The maximum atomic E-state index is 12.6. The van der Waals surface area contributed by atoms with Crippen molar-refractivity contribution in [3.05, 3.63) is 104 Å². The molecule has 62 heavy (non-hydrogen) atoms. The minimum Gasteiger partial charge on any atom is -0.489 e. The van der Waals surface area contributed by atoms with Crippen LogP contribution in [0.25, 0.3) is 0 Å². The highest BCUT2D eigenvalue weighted by Crippen LogP contribution is 2.20. The van der Waals surface area contributed by atoms with Crippen molar-refractivity contribution in [3.8, 4) is 11.5 Å². The Hall–Kier alpha value is -4.82. The lowest BCUT2D eigenvalue weighted by Crippen LogP contribution is -2.69. The van der Waals surface area contributed by atoms with Gasteiger partial charge in [0.1, 0.15) is 0 Å². The van der Waals surface area contributed by atoms with Crippen molar-refractivity contribution in [2.24, 2.45) is 14.1 Å². The van der Waals surface area contributed by atoms with Gasteiger partial charge in [0.05, 0.1) is 20.8 Å². The van der Waals surface area contributed by atoms with Gasteiger partial charge in [0.2, 0.25) is 23.4 Å². The van der Waals surface area contributed by atoms with Gasteiger partial charge < -0.3 is 29.1 Å². The van der Waals surface area contributed by atoms with Crippen LogP contribution in [0.4, 0.5) is 11.9 Å². The van der Waals surface area contributed by atoms with Gasteiger partial charge in [-0.2, -0.15) is 0 Å². The van der Waals surface area contributed by atoms with Crippen molar-refractivity contribution < 1.29 is 28.9 Å². The van der Waals surface area contributed by atoms with Crippen LogP contribution in [0.5, 0.6) is 11.5 Å². The Morgan fingerprint density at radius 2 is 1.10 bits per heavy atom. The standard InChI is InChI=1S/C18H23N3O4.C16H19N3O4.CH4.B13/c1-5-21(12-13-10-8-7-9-11-13)18-19-14(17(23)25-6-2)15(24-4)16(22)20(18)3;1-4-19(10-11-8-6-5-7-9-11)16-17-12(15(21)22)13(23-3)14(20)18(16)2;;1-8-12(9(2)3)13(10(4)5)11(6)7/h7-11H,5-6,12H2,1-4H3;5-9H,4,10H2,1-3H3,(H,21,22);1H4;. The van der Waals surface area contributed by atoms with E-state index in [2.05, 4.69) is 9.97 Å². The number of ether oxygens (including phenoxy) is 3. The van der Waals surface area contributed by atoms with E-state index in [4.69, 9.17) is 68.4 Å². The number of nitrogens with zero attached hydrogens (tertiary/aromatic N) is 6. The van der Waals surface area contributed by atoms with E-state index in [1.165, 1.54) is 30.4 Å². The van der Waals surface area contributed by atoms with Crippen LogP contribution < -0.4 is 30.4 Å². The van der Waals surface area contributed by atoms with E-state index < -0.39 is 48.6 Å². The number of aromatic carboxylic acids is 1. The zero-order chi connectivity index (χ0) is 46.0. The third kappa shape index (κ3) is 14.9. The van der Waals surface area contributed by atoms with Crippen LogP contribution in [-0.2, 0) is 31.9 Å². The van der Waals surface area contributed by atoms with E-state index >= 15 is 0 Å². The third-order valence-corrected chi connectivity index (χ3v) is 9.29. The SMILES string of the molecule is C.CCN(Cc1ccccc1)c1nc(C(=O)O)c(OC)c(=O)n1C.CCOC(=O)c1nc(N(CC)Cc2ccccc2)n(C)c(=O)c1OC.[B][B]B(B([B])[B])B(B([B])[B])B([B])[B]. The predicted molar refractivity (Wildman–Crippen MR) is 263 cm³/mol. The molecule has 2 aromatic heterocycles. The number of methoxy groups -OCH3 is 2. The fraction of sp³-hybridized carbons (Fsp3) is 0.371. The van der Waals surface area contributed by atoms with Crippen LogP contribution in [0.3, 0.4) is 0 Å². The molecule has 27 heteroatoms. The number of hydrogen-bond donors (Lipinski definition) is 1. The molecule has 2 aromatic carbocycles. The lowest BCUT2D eigenvalue weighted by Gasteiger charge is -2.31. The molecule has 0 atom stereocenters. The van der Waals surface area contributed by atoms with Gasteiger partial charge in [-0.25, -0.2) is 19.6 Å². The van der Waals surface area contributed by atoms with Gasteiger partial charge in [0.15, 0.2) is 11.4 Å². The van der Waals surface area contributed by atoms with E-state index in [9.17, 15) is 24.3 Å². The van der Waals surface area contributed by atoms with E-state index in [1.807, 2.05) is 84.3 Å². The Kier molecular flexibility index (Phi) is 24.3. The topological polar surface area (TPSA) is 158 Å². The maximum Gasteiger partial charge on any atom is 0.361 e. The molecule has 2 heterocycles. The van der Waals surface area contributed by atoms with E-state index in [1.54, 1.807) is 21.0 Å². The van der Waals surface area contributed by atoms with E-state index in [0.29, 0.717) is 38.1 Å². The van der Waals surface area contributed by atoms with Crippen LogP contribution in [0.1, 0.15) is 60.3 Å². The van der Waals surface area contributed by atoms with Crippen molar-refractivity contribution in [3.63, 3.8) is 0 Å². The Morgan fingerprint density at radius 1 is 0.710 bits per heavy atom. The summed E-state index contributed by atoms with van der Waals surface area (Å²) in [5, 5.41) is 9.27. The number of hydrogen-bond acceptors (Lipinski definition) is 11. The predicted octanol–water partition coefficient (Wildman–Crippen LogP) is -0.809.